The number of hydrogen-bond acceptors (Lipinski definition) is 7. The number of hydrogen-bond donors (Lipinski definition) is 4. The van der Waals surface area contributed by atoms with Crippen LogP contribution in [0.2, 0.25) is 0 Å². The number of nitrogens with one attached hydrogen (secondary N) is 4. The zero-order valence-corrected chi connectivity index (χ0v) is 42.9. The minimum Gasteiger partial charge on any atom is -0.343 e. The third-order valence-corrected chi connectivity index (χ3v) is 14.0. The lowest BCUT2D eigenvalue weighted by Gasteiger charge is -2.41. The number of fused-ring (bicyclic) bond motifs is 3. The highest BCUT2D eigenvalue weighted by molar-refractivity contribution is 5.99. The maximum atomic E-state index is 15.4. The predicted octanol–water partition coefficient (Wildman–Crippen LogP) is 5.30. The molecule has 4 aromatic rings. The molecule has 0 radical (unpaired) electrons. The van der Waals surface area contributed by atoms with E-state index in [9.17, 15) is 24.0 Å². The van der Waals surface area contributed by atoms with Crippen molar-refractivity contribution in [1.82, 2.24) is 40.5 Å². The first-order chi connectivity index (χ1) is 33.7. The van der Waals surface area contributed by atoms with Crippen molar-refractivity contribution in [2.24, 2.45) is 11.8 Å². The van der Waals surface area contributed by atoms with Crippen LogP contribution in [-0.4, -0.2) is 124 Å². The van der Waals surface area contributed by atoms with Crippen molar-refractivity contribution in [1.29, 1.82) is 0 Å². The Bertz CT molecular complexity index is 2560. The van der Waals surface area contributed by atoms with E-state index in [-0.39, 0.29) is 50.5 Å². The van der Waals surface area contributed by atoms with Crippen LogP contribution >= 0.6 is 0 Å². The van der Waals surface area contributed by atoms with E-state index in [4.69, 9.17) is 0 Å². The van der Waals surface area contributed by atoms with E-state index in [1.54, 1.807) is 0 Å². The van der Waals surface area contributed by atoms with Gasteiger partial charge in [0.1, 0.15) is 42.3 Å². The molecule has 0 aliphatic carbocycles. The molecular weight excluding hydrogens is 897 g/mol. The summed E-state index contributed by atoms with van der Waals surface area (Å²) in [5.74, 6) is -4.05. The van der Waals surface area contributed by atoms with Crippen molar-refractivity contribution in [2.45, 2.75) is 141 Å². The number of para-hydroxylation sites is 1. The maximum absolute atomic E-state index is 15.4. The Balaban J connectivity index is 1.50. The molecular formula is C56H74N8O7. The molecule has 7 amide bonds. The molecule has 4 N–H and O–H groups in total. The molecule has 2 fully saturated rings. The van der Waals surface area contributed by atoms with Gasteiger partial charge in [-0.05, 0) is 81.0 Å². The van der Waals surface area contributed by atoms with E-state index in [0.29, 0.717) is 12.8 Å². The molecule has 15 nitrogen and oxygen atoms in total. The SMILES string of the molecule is C=CC(C)(C)n1cc(C[C@@H]2NC(=O)[C@H](Cc3ccccc3)NC(=O)[C@H](CC(C)C)N3CCC[C@@H](C3=O)N(C)C(=O)[C@H](C)NC(=O)[C@H](Cc3ccccc3)NC(=O)[C@H](CC(C)C)N(C)C2=O)c2ccccc21. The van der Waals surface area contributed by atoms with Crippen molar-refractivity contribution < 1.29 is 33.6 Å². The molecule has 3 heterocycles. The standard InChI is InChI=1S/C56H74N8O7/c1-11-56(7,8)64-34-40(41-25-18-19-26-45(41)64)33-44-54(70)62(10)47(29-35(2)3)51(67)58-42(31-38-21-14-12-15-22-38)49(65)57-37(6)53(69)61(9)46-27-20-28-63(55(46)71)48(30-36(4)5)52(68)59-43(50(66)60-44)32-39-23-16-13-17-24-39/h11-19,21-26,34-37,42-44,46-48H,1,20,27-33H2,2-10H3,(H,57,65)(H,58,67)(H,59,68)(H,60,66)/t37-,42-,43-,44-,46-,47-,48-/m0/s1. The Morgan fingerprint density at radius 1 is 0.620 bits per heavy atom. The molecule has 7 atom stereocenters. The van der Waals surface area contributed by atoms with E-state index < -0.39 is 89.2 Å². The Morgan fingerprint density at radius 3 is 1.69 bits per heavy atom. The Hall–Kier alpha value is -6.77. The van der Waals surface area contributed by atoms with Crippen molar-refractivity contribution in [3.63, 3.8) is 0 Å². The second-order valence-electron chi connectivity index (χ2n) is 20.8. The van der Waals surface area contributed by atoms with Gasteiger partial charge in [0, 0.05) is 57.0 Å². The minimum atomic E-state index is -1.26. The van der Waals surface area contributed by atoms with Crippen LogP contribution in [0.5, 0.6) is 0 Å². The number of rotatable bonds is 12. The lowest BCUT2D eigenvalue weighted by molar-refractivity contribution is -0.153. The van der Waals surface area contributed by atoms with Crippen molar-refractivity contribution in [3.8, 4) is 0 Å². The van der Waals surface area contributed by atoms with Crippen LogP contribution < -0.4 is 21.3 Å². The normalized spacial score (nSPS) is 23.8. The molecule has 0 saturated carbocycles. The van der Waals surface area contributed by atoms with Gasteiger partial charge >= 0.3 is 0 Å². The van der Waals surface area contributed by atoms with Gasteiger partial charge in [0.05, 0.1) is 5.54 Å². The zero-order valence-electron chi connectivity index (χ0n) is 42.9. The molecule has 15 heteroatoms. The largest absolute Gasteiger partial charge is 0.343 e. The fourth-order valence-corrected chi connectivity index (χ4v) is 9.83. The zero-order chi connectivity index (χ0) is 51.7. The van der Waals surface area contributed by atoms with Crippen molar-refractivity contribution in [2.75, 3.05) is 20.6 Å². The van der Waals surface area contributed by atoms with Gasteiger partial charge in [0.15, 0.2) is 0 Å². The Labute approximate surface area is 419 Å². The quantitative estimate of drug-likeness (QED) is 0.139. The third kappa shape index (κ3) is 13.0. The van der Waals surface area contributed by atoms with Crippen LogP contribution in [-0.2, 0) is 58.4 Å². The topological polar surface area (TPSA) is 182 Å². The highest BCUT2D eigenvalue weighted by atomic mass is 16.2. The lowest BCUT2D eigenvalue weighted by atomic mass is 9.95. The maximum Gasteiger partial charge on any atom is 0.246 e. The molecule has 2 aliphatic heterocycles. The summed E-state index contributed by atoms with van der Waals surface area (Å²) in [5.41, 5.74) is 2.61. The summed E-state index contributed by atoms with van der Waals surface area (Å²) < 4.78 is 2.08. The summed E-state index contributed by atoms with van der Waals surface area (Å²) in [5, 5.41) is 12.7. The molecule has 2 aliphatic rings. The van der Waals surface area contributed by atoms with Crippen molar-refractivity contribution >= 4 is 52.3 Å². The number of carbonyl (C=O) groups excluding carboxylic acids is 7. The van der Waals surface area contributed by atoms with Crippen LogP contribution in [0.4, 0.5) is 0 Å². The third-order valence-electron chi connectivity index (χ3n) is 14.0. The van der Waals surface area contributed by atoms with Crippen molar-refractivity contribution in [3.05, 3.63) is 120 Å². The summed E-state index contributed by atoms with van der Waals surface area (Å²) in [6, 6.07) is 18.4. The molecule has 2 bridgehead atoms. The second-order valence-corrected chi connectivity index (χ2v) is 20.8. The summed E-state index contributed by atoms with van der Waals surface area (Å²) in [6.07, 6.45) is 5.24. The van der Waals surface area contributed by atoms with Crippen LogP contribution in [0, 0.1) is 11.8 Å². The number of amides is 7. The number of benzene rings is 3. The van der Waals surface area contributed by atoms with Crippen LogP contribution in [0.3, 0.4) is 0 Å². The van der Waals surface area contributed by atoms with Gasteiger partial charge in [-0.2, -0.15) is 0 Å². The average Bonchev–Trinajstić information content (AvgIpc) is 3.72. The fraction of sp³-hybridized carbons (Fsp3) is 0.482. The Kier molecular flexibility index (Phi) is 17.7. The first-order valence-corrected chi connectivity index (χ1v) is 25.1. The summed E-state index contributed by atoms with van der Waals surface area (Å²) >= 11 is 0. The Morgan fingerprint density at radius 2 is 1.13 bits per heavy atom. The highest BCUT2D eigenvalue weighted by Gasteiger charge is 2.43. The van der Waals surface area contributed by atoms with Gasteiger partial charge in [-0.1, -0.05) is 113 Å². The number of aromatic nitrogens is 1. The monoisotopic (exact) mass is 971 g/mol. The van der Waals surface area contributed by atoms with E-state index in [2.05, 4.69) is 32.4 Å². The molecule has 71 heavy (non-hydrogen) atoms. The molecule has 6 rings (SSSR count). The molecule has 3 aromatic carbocycles. The minimum absolute atomic E-state index is 0.00971. The summed E-state index contributed by atoms with van der Waals surface area (Å²) in [6.45, 7) is 17.7. The van der Waals surface area contributed by atoms with Gasteiger partial charge in [-0.3, -0.25) is 33.6 Å². The van der Waals surface area contributed by atoms with Gasteiger partial charge in [0.25, 0.3) is 0 Å². The fourth-order valence-electron chi connectivity index (χ4n) is 9.83. The van der Waals surface area contributed by atoms with Crippen LogP contribution in [0.25, 0.3) is 10.9 Å². The highest BCUT2D eigenvalue weighted by Crippen LogP contribution is 2.30. The smallest absolute Gasteiger partial charge is 0.246 e. The summed E-state index contributed by atoms with van der Waals surface area (Å²) in [7, 11) is 3.05. The van der Waals surface area contributed by atoms with Gasteiger partial charge in [0.2, 0.25) is 41.4 Å². The molecule has 0 unspecified atom stereocenters. The molecule has 1 aromatic heterocycles. The second kappa shape index (κ2) is 23.4. The number of allylic oxidation sites excluding steroid dienone is 1. The van der Waals surface area contributed by atoms with Crippen LogP contribution in [0.15, 0.2) is 104 Å². The first-order valence-electron chi connectivity index (χ1n) is 25.1. The van der Waals surface area contributed by atoms with E-state index >= 15 is 9.59 Å². The van der Waals surface area contributed by atoms with Gasteiger partial charge in [-0.25, -0.2) is 0 Å². The molecule has 2 saturated heterocycles. The number of piperidine rings is 1. The molecule has 0 spiro atoms. The predicted molar refractivity (Wildman–Crippen MR) is 276 cm³/mol. The average molecular weight is 971 g/mol. The van der Waals surface area contributed by atoms with Gasteiger partial charge < -0.3 is 40.5 Å². The van der Waals surface area contributed by atoms with Gasteiger partial charge in [-0.15, -0.1) is 6.58 Å². The van der Waals surface area contributed by atoms with Crippen LogP contribution in [0.1, 0.15) is 90.8 Å². The van der Waals surface area contributed by atoms with E-state index in [1.807, 2.05) is 139 Å². The lowest BCUT2D eigenvalue weighted by Crippen LogP contribution is -2.62. The number of likely N-dealkylation sites (N-methyl/N-ethyl adjacent to an activating group) is 2. The van der Waals surface area contributed by atoms with E-state index in [0.717, 1.165) is 27.6 Å². The molecule has 380 valence electrons. The number of nitrogens with zero attached hydrogens (tertiary/aromatic N) is 4. The summed E-state index contributed by atoms with van der Waals surface area (Å²) in [4.78, 5) is 108. The van der Waals surface area contributed by atoms with E-state index in [1.165, 1.54) is 35.7 Å². The first kappa shape index (κ1) is 53.6. The number of carbonyl (C=O) groups is 7.